The van der Waals surface area contributed by atoms with E-state index in [1.807, 2.05) is 0 Å². The fourth-order valence-corrected chi connectivity index (χ4v) is 4.72. The van der Waals surface area contributed by atoms with Crippen molar-refractivity contribution in [2.75, 3.05) is 6.54 Å². The monoisotopic (exact) mass is 337 g/mol. The Morgan fingerprint density at radius 1 is 1.30 bits per heavy atom. The zero-order chi connectivity index (χ0) is 16.6. The Bertz CT molecular complexity index is 797. The molecular weight excluding hydrogens is 317 g/mol. The first kappa shape index (κ1) is 16.1. The summed E-state index contributed by atoms with van der Waals surface area (Å²) in [5.74, 6) is 0.294. The second-order valence-corrected chi connectivity index (χ2v) is 7.76. The van der Waals surface area contributed by atoms with Crippen LogP contribution >= 0.6 is 0 Å². The number of benzene rings is 1. The molecule has 1 aliphatic heterocycles. The van der Waals surface area contributed by atoms with Crippen LogP contribution < -0.4 is 0 Å². The lowest BCUT2D eigenvalue weighted by Crippen LogP contribution is -2.38. The van der Waals surface area contributed by atoms with Gasteiger partial charge in [-0.1, -0.05) is 18.6 Å². The predicted octanol–water partition coefficient (Wildman–Crippen LogP) is 2.78. The van der Waals surface area contributed by atoms with E-state index in [1.54, 1.807) is 30.7 Å². The van der Waals surface area contributed by atoms with Crippen molar-refractivity contribution in [3.63, 3.8) is 0 Å². The molecule has 124 valence electrons. The first-order chi connectivity index (χ1) is 10.9. The molecule has 0 saturated carbocycles. The van der Waals surface area contributed by atoms with Crippen LogP contribution in [0.3, 0.4) is 0 Å². The van der Waals surface area contributed by atoms with Gasteiger partial charge in [0, 0.05) is 19.8 Å². The zero-order valence-corrected chi connectivity index (χ0v) is 14.1. The van der Waals surface area contributed by atoms with Gasteiger partial charge >= 0.3 is 0 Å². The number of hydrogen-bond acceptors (Lipinski definition) is 3. The molecule has 1 atom stereocenters. The summed E-state index contributed by atoms with van der Waals surface area (Å²) in [5, 5.41) is 0.0563. The summed E-state index contributed by atoms with van der Waals surface area (Å²) in [6.07, 6.45) is 3.95. The van der Waals surface area contributed by atoms with Crippen molar-refractivity contribution in [2.45, 2.75) is 37.3 Å². The van der Waals surface area contributed by atoms with E-state index in [0.717, 1.165) is 12.8 Å². The van der Waals surface area contributed by atoms with Crippen molar-refractivity contribution < 1.29 is 12.8 Å². The lowest BCUT2D eigenvalue weighted by molar-refractivity contribution is 0.255. The second kappa shape index (κ2) is 6.05. The molecule has 3 rings (SSSR count). The molecule has 1 saturated heterocycles. The third-order valence-electron chi connectivity index (χ3n) is 4.35. The predicted molar refractivity (Wildman–Crippen MR) is 84.8 cm³/mol. The van der Waals surface area contributed by atoms with Gasteiger partial charge < -0.3 is 4.57 Å². The number of rotatable bonds is 3. The molecule has 1 aromatic carbocycles. The fourth-order valence-electron chi connectivity index (χ4n) is 3.01. The van der Waals surface area contributed by atoms with Crippen molar-refractivity contribution in [1.82, 2.24) is 13.9 Å². The van der Waals surface area contributed by atoms with Gasteiger partial charge in [0.2, 0.25) is 0 Å². The van der Waals surface area contributed by atoms with Crippen molar-refractivity contribution in [3.8, 4) is 0 Å². The minimum atomic E-state index is -3.69. The van der Waals surface area contributed by atoms with Crippen LogP contribution in [0.25, 0.3) is 0 Å². The van der Waals surface area contributed by atoms with Crippen molar-refractivity contribution in [2.24, 2.45) is 7.05 Å². The smallest absolute Gasteiger partial charge is 0.262 e. The van der Waals surface area contributed by atoms with Crippen LogP contribution in [0, 0.1) is 12.7 Å². The topological polar surface area (TPSA) is 55.2 Å². The van der Waals surface area contributed by atoms with Crippen LogP contribution in [0.1, 0.15) is 36.7 Å². The largest absolute Gasteiger partial charge is 0.337 e. The quantitative estimate of drug-likeness (QED) is 0.865. The van der Waals surface area contributed by atoms with E-state index in [2.05, 4.69) is 4.98 Å². The van der Waals surface area contributed by atoms with E-state index >= 15 is 0 Å². The number of aromatic nitrogens is 2. The summed E-state index contributed by atoms with van der Waals surface area (Å²) in [6, 6.07) is 5.85. The van der Waals surface area contributed by atoms with Crippen LogP contribution in [-0.2, 0) is 17.1 Å². The Morgan fingerprint density at radius 2 is 2.09 bits per heavy atom. The highest BCUT2D eigenvalue weighted by Crippen LogP contribution is 2.35. The first-order valence-electron chi connectivity index (χ1n) is 7.67. The maximum absolute atomic E-state index is 13.5. The summed E-state index contributed by atoms with van der Waals surface area (Å²) in [6.45, 7) is 2.19. The molecule has 0 bridgehead atoms. The minimum absolute atomic E-state index is 0.0563. The van der Waals surface area contributed by atoms with Crippen LogP contribution in [0.2, 0.25) is 0 Å². The molecule has 1 fully saturated rings. The Labute approximate surface area is 135 Å². The summed E-state index contributed by atoms with van der Waals surface area (Å²) >= 11 is 0. The highest BCUT2D eigenvalue weighted by atomic mass is 32.2. The molecular formula is C16H20FN3O2S. The number of aryl methyl sites for hydroxylation is 2. The van der Waals surface area contributed by atoms with Crippen LogP contribution in [0.4, 0.5) is 4.39 Å². The van der Waals surface area contributed by atoms with E-state index < -0.39 is 10.0 Å². The Balaban J connectivity index is 2.01. The number of halogens is 1. The van der Waals surface area contributed by atoms with Gasteiger partial charge in [-0.15, -0.1) is 0 Å². The zero-order valence-electron chi connectivity index (χ0n) is 13.2. The Hall–Kier alpha value is -1.73. The van der Waals surface area contributed by atoms with E-state index in [-0.39, 0.29) is 16.9 Å². The molecule has 0 N–H and O–H groups in total. The molecule has 0 spiro atoms. The van der Waals surface area contributed by atoms with Crippen LogP contribution in [0.15, 0.2) is 35.5 Å². The van der Waals surface area contributed by atoms with Gasteiger partial charge in [-0.05, 0) is 37.5 Å². The molecule has 5 nitrogen and oxygen atoms in total. The average Bonchev–Trinajstić information content (AvgIpc) is 2.87. The number of nitrogens with zero attached hydrogens (tertiary/aromatic N) is 3. The Morgan fingerprint density at radius 3 is 2.74 bits per heavy atom. The maximum Gasteiger partial charge on any atom is 0.262 e. The number of sulfonamides is 1. The van der Waals surface area contributed by atoms with E-state index in [1.165, 1.54) is 22.6 Å². The average molecular weight is 337 g/mol. The molecule has 7 heteroatoms. The highest BCUT2D eigenvalue weighted by molar-refractivity contribution is 7.89. The normalized spacial score (nSPS) is 19.9. The van der Waals surface area contributed by atoms with Crippen LogP contribution in [-0.4, -0.2) is 28.8 Å². The van der Waals surface area contributed by atoms with Crippen molar-refractivity contribution >= 4 is 10.0 Å². The SMILES string of the molecule is Cc1nc(S(=O)(=O)N2CCCCC2c2cccc(F)c2)cn1C. The van der Waals surface area contributed by atoms with Gasteiger partial charge in [0.05, 0.1) is 6.04 Å². The number of imidazole rings is 1. The van der Waals surface area contributed by atoms with Gasteiger partial charge in [0.15, 0.2) is 5.03 Å². The van der Waals surface area contributed by atoms with E-state index in [0.29, 0.717) is 24.4 Å². The molecule has 23 heavy (non-hydrogen) atoms. The third-order valence-corrected chi connectivity index (χ3v) is 6.13. The number of piperidine rings is 1. The van der Waals surface area contributed by atoms with Crippen molar-refractivity contribution in [3.05, 3.63) is 47.7 Å². The van der Waals surface area contributed by atoms with Gasteiger partial charge in [-0.2, -0.15) is 4.31 Å². The molecule has 0 amide bonds. The molecule has 0 radical (unpaired) electrons. The van der Waals surface area contributed by atoms with E-state index in [4.69, 9.17) is 0 Å². The lowest BCUT2D eigenvalue weighted by atomic mass is 9.97. The molecule has 0 aliphatic carbocycles. The summed E-state index contributed by atoms with van der Waals surface area (Å²) in [4.78, 5) is 4.16. The highest BCUT2D eigenvalue weighted by Gasteiger charge is 2.36. The van der Waals surface area contributed by atoms with Gasteiger partial charge in [-0.3, -0.25) is 0 Å². The summed E-state index contributed by atoms with van der Waals surface area (Å²) in [7, 11) is -1.93. The molecule has 2 aromatic rings. The third kappa shape index (κ3) is 3.03. The fraction of sp³-hybridized carbons (Fsp3) is 0.438. The van der Waals surface area contributed by atoms with E-state index in [9.17, 15) is 12.8 Å². The molecule has 1 aliphatic rings. The Kier molecular flexibility index (Phi) is 4.25. The molecule has 1 unspecified atom stereocenters. The second-order valence-electron chi connectivity index (χ2n) is 5.92. The number of hydrogen-bond donors (Lipinski definition) is 0. The van der Waals surface area contributed by atoms with Gasteiger partial charge in [0.25, 0.3) is 10.0 Å². The van der Waals surface area contributed by atoms with Gasteiger partial charge in [-0.25, -0.2) is 17.8 Å². The lowest BCUT2D eigenvalue weighted by Gasteiger charge is -2.34. The summed E-state index contributed by atoms with van der Waals surface area (Å²) in [5.41, 5.74) is 0.695. The molecule has 2 heterocycles. The maximum atomic E-state index is 13.5. The molecule has 1 aromatic heterocycles. The van der Waals surface area contributed by atoms with Gasteiger partial charge in [0.1, 0.15) is 11.6 Å². The first-order valence-corrected chi connectivity index (χ1v) is 9.11. The van der Waals surface area contributed by atoms with Crippen LogP contribution in [0.5, 0.6) is 0 Å². The summed E-state index contributed by atoms with van der Waals surface area (Å²) < 4.78 is 42.7. The standard InChI is InChI=1S/C16H20FN3O2S/c1-12-18-16(11-19(12)2)23(21,22)20-9-4-3-8-15(20)13-6-5-7-14(17)10-13/h5-7,10-11,15H,3-4,8-9H2,1-2H3. The minimum Gasteiger partial charge on any atom is -0.337 e. The van der Waals surface area contributed by atoms with Crippen molar-refractivity contribution in [1.29, 1.82) is 0 Å².